The van der Waals surface area contributed by atoms with Gasteiger partial charge in [-0.15, -0.1) is 0 Å². The van der Waals surface area contributed by atoms with Gasteiger partial charge in [0.25, 0.3) is 0 Å². The van der Waals surface area contributed by atoms with E-state index < -0.39 is 0 Å². The van der Waals surface area contributed by atoms with Crippen molar-refractivity contribution in [3.8, 4) is 33.6 Å². The van der Waals surface area contributed by atoms with Gasteiger partial charge in [-0.05, 0) is 101 Å². The van der Waals surface area contributed by atoms with Crippen LogP contribution < -0.4 is 4.90 Å². The SMILES string of the molecule is c1ccc(-c2ccc(N(c3ccc(-c4cccc5c4c4ccccc4n5-c4ccccc4)cc3)c3cccc(-n4c5ccccc5c5ccccc54)c3)cc2)cc1. The van der Waals surface area contributed by atoms with Gasteiger partial charge in [0.1, 0.15) is 0 Å². The third-order valence-corrected chi connectivity index (χ3v) is 11.3. The molecular formula is C54H37N3. The maximum absolute atomic E-state index is 2.39. The molecular weight excluding hydrogens is 691 g/mol. The Balaban J connectivity index is 1.06. The summed E-state index contributed by atoms with van der Waals surface area (Å²) in [4.78, 5) is 2.37. The molecule has 0 amide bonds. The molecule has 0 unspecified atom stereocenters. The normalized spacial score (nSPS) is 11.5. The first-order chi connectivity index (χ1) is 28.3. The molecule has 57 heavy (non-hydrogen) atoms. The molecule has 0 bridgehead atoms. The molecule has 0 spiro atoms. The van der Waals surface area contributed by atoms with E-state index in [0.29, 0.717) is 0 Å². The number of anilines is 3. The fourth-order valence-corrected chi connectivity index (χ4v) is 8.76. The van der Waals surface area contributed by atoms with Gasteiger partial charge in [0.15, 0.2) is 0 Å². The standard InChI is InChI=1S/C54H37N3/c1-3-15-38(16-4-1)39-29-33-42(34-30-39)55(44-19-13-20-45(37-44)57-50-25-10-7-21-47(50)48-22-8-11-26-51(48)57)43-35-31-40(32-36-43)46-24-14-28-53-54(46)49-23-9-12-27-52(49)56(53)41-17-5-2-6-18-41/h1-37H. The fourth-order valence-electron chi connectivity index (χ4n) is 8.76. The summed E-state index contributed by atoms with van der Waals surface area (Å²) < 4.78 is 4.77. The maximum Gasteiger partial charge on any atom is 0.0547 e. The molecule has 0 saturated heterocycles. The van der Waals surface area contributed by atoms with Crippen molar-refractivity contribution in [1.29, 1.82) is 0 Å². The first kappa shape index (κ1) is 32.8. The van der Waals surface area contributed by atoms with Crippen LogP contribution >= 0.6 is 0 Å². The molecule has 9 aromatic carbocycles. The topological polar surface area (TPSA) is 13.1 Å². The van der Waals surface area contributed by atoms with Crippen molar-refractivity contribution >= 4 is 60.7 Å². The molecule has 11 rings (SSSR count). The van der Waals surface area contributed by atoms with Gasteiger partial charge < -0.3 is 14.0 Å². The van der Waals surface area contributed by atoms with Crippen molar-refractivity contribution in [2.45, 2.75) is 0 Å². The Bertz CT molecular complexity index is 3160. The van der Waals surface area contributed by atoms with E-state index in [1.807, 2.05) is 0 Å². The molecule has 0 saturated carbocycles. The number of aromatic nitrogens is 2. The van der Waals surface area contributed by atoms with E-state index >= 15 is 0 Å². The Hall–Kier alpha value is -7.62. The van der Waals surface area contributed by atoms with Crippen LogP contribution in [0.25, 0.3) is 77.2 Å². The third kappa shape index (κ3) is 5.51. The van der Waals surface area contributed by atoms with Gasteiger partial charge in [0, 0.05) is 50.0 Å². The van der Waals surface area contributed by atoms with Crippen molar-refractivity contribution in [1.82, 2.24) is 9.13 Å². The Kier molecular flexibility index (Phi) is 7.82. The molecule has 2 aromatic heterocycles. The highest BCUT2D eigenvalue weighted by Crippen LogP contribution is 2.42. The second-order valence-electron chi connectivity index (χ2n) is 14.6. The lowest BCUT2D eigenvalue weighted by atomic mass is 9.99. The predicted molar refractivity (Wildman–Crippen MR) is 241 cm³/mol. The molecule has 0 aliphatic heterocycles. The molecule has 0 N–H and O–H groups in total. The van der Waals surface area contributed by atoms with E-state index in [1.165, 1.54) is 65.9 Å². The van der Waals surface area contributed by atoms with Crippen LogP contribution in [0.15, 0.2) is 224 Å². The second kappa shape index (κ2) is 13.6. The molecule has 0 aliphatic carbocycles. The Morgan fingerprint density at radius 2 is 0.737 bits per heavy atom. The zero-order valence-electron chi connectivity index (χ0n) is 31.2. The minimum absolute atomic E-state index is 1.09. The van der Waals surface area contributed by atoms with Gasteiger partial charge in [-0.2, -0.15) is 0 Å². The molecule has 0 fully saturated rings. The van der Waals surface area contributed by atoms with Crippen molar-refractivity contribution in [3.05, 3.63) is 224 Å². The molecule has 0 radical (unpaired) electrons. The van der Waals surface area contributed by atoms with Crippen LogP contribution in [0.2, 0.25) is 0 Å². The highest BCUT2D eigenvalue weighted by Gasteiger charge is 2.19. The summed E-state index contributed by atoms with van der Waals surface area (Å²) in [5.74, 6) is 0. The largest absolute Gasteiger partial charge is 0.310 e. The van der Waals surface area contributed by atoms with Crippen molar-refractivity contribution in [3.63, 3.8) is 0 Å². The van der Waals surface area contributed by atoms with Gasteiger partial charge in [0.2, 0.25) is 0 Å². The number of nitrogens with zero attached hydrogens (tertiary/aromatic N) is 3. The van der Waals surface area contributed by atoms with Crippen molar-refractivity contribution < 1.29 is 0 Å². The number of rotatable bonds is 7. The smallest absolute Gasteiger partial charge is 0.0547 e. The van der Waals surface area contributed by atoms with E-state index in [1.54, 1.807) is 0 Å². The predicted octanol–water partition coefficient (Wildman–Crippen LogP) is 14.7. The van der Waals surface area contributed by atoms with Gasteiger partial charge in [-0.1, -0.05) is 146 Å². The highest BCUT2D eigenvalue weighted by atomic mass is 15.1. The van der Waals surface area contributed by atoms with Crippen LogP contribution in [0, 0.1) is 0 Å². The molecule has 11 aromatic rings. The highest BCUT2D eigenvalue weighted by molar-refractivity contribution is 6.16. The summed E-state index contributed by atoms with van der Waals surface area (Å²) in [6.45, 7) is 0. The number of hydrogen-bond donors (Lipinski definition) is 0. The van der Waals surface area contributed by atoms with Crippen LogP contribution in [-0.4, -0.2) is 9.13 Å². The molecule has 2 heterocycles. The summed E-state index contributed by atoms with van der Waals surface area (Å²) in [6.07, 6.45) is 0. The number of hydrogen-bond acceptors (Lipinski definition) is 1. The first-order valence-corrected chi connectivity index (χ1v) is 19.5. The average molecular weight is 728 g/mol. The zero-order chi connectivity index (χ0) is 37.7. The molecule has 3 nitrogen and oxygen atoms in total. The summed E-state index contributed by atoms with van der Waals surface area (Å²) in [5, 5.41) is 5.02. The Labute approximate surface area is 331 Å². The lowest BCUT2D eigenvalue weighted by Crippen LogP contribution is -2.10. The number of benzene rings is 9. The summed E-state index contributed by atoms with van der Waals surface area (Å²) >= 11 is 0. The van der Waals surface area contributed by atoms with Crippen molar-refractivity contribution in [2.75, 3.05) is 4.90 Å². The lowest BCUT2D eigenvalue weighted by Gasteiger charge is -2.26. The van der Waals surface area contributed by atoms with Crippen LogP contribution in [0.1, 0.15) is 0 Å². The van der Waals surface area contributed by atoms with Crippen LogP contribution in [-0.2, 0) is 0 Å². The van der Waals surface area contributed by atoms with E-state index in [-0.39, 0.29) is 0 Å². The fraction of sp³-hybridized carbons (Fsp3) is 0. The maximum atomic E-state index is 2.39. The number of para-hydroxylation sites is 4. The Morgan fingerprint density at radius 3 is 1.39 bits per heavy atom. The van der Waals surface area contributed by atoms with E-state index in [2.05, 4.69) is 238 Å². The summed E-state index contributed by atoms with van der Waals surface area (Å²) in [6, 6.07) is 81.0. The molecule has 0 atom stereocenters. The van der Waals surface area contributed by atoms with Crippen LogP contribution in [0.3, 0.4) is 0 Å². The minimum Gasteiger partial charge on any atom is -0.310 e. The van der Waals surface area contributed by atoms with E-state index in [4.69, 9.17) is 0 Å². The molecule has 0 aliphatic rings. The summed E-state index contributed by atoms with van der Waals surface area (Å²) in [5.41, 5.74) is 15.1. The average Bonchev–Trinajstić information content (AvgIpc) is 3.81. The molecule has 268 valence electrons. The number of fused-ring (bicyclic) bond motifs is 6. The van der Waals surface area contributed by atoms with E-state index in [9.17, 15) is 0 Å². The van der Waals surface area contributed by atoms with Crippen molar-refractivity contribution in [2.24, 2.45) is 0 Å². The minimum atomic E-state index is 1.09. The Morgan fingerprint density at radius 1 is 0.281 bits per heavy atom. The first-order valence-electron chi connectivity index (χ1n) is 19.5. The second-order valence-corrected chi connectivity index (χ2v) is 14.6. The zero-order valence-corrected chi connectivity index (χ0v) is 31.2. The van der Waals surface area contributed by atoms with Crippen LogP contribution in [0.5, 0.6) is 0 Å². The quantitative estimate of drug-likeness (QED) is 0.159. The monoisotopic (exact) mass is 727 g/mol. The van der Waals surface area contributed by atoms with Gasteiger partial charge >= 0.3 is 0 Å². The summed E-state index contributed by atoms with van der Waals surface area (Å²) in [7, 11) is 0. The van der Waals surface area contributed by atoms with Gasteiger partial charge in [-0.25, -0.2) is 0 Å². The molecule has 3 heteroatoms. The van der Waals surface area contributed by atoms with E-state index in [0.717, 1.165) is 28.4 Å². The lowest BCUT2D eigenvalue weighted by molar-refractivity contribution is 1.17. The third-order valence-electron chi connectivity index (χ3n) is 11.3. The van der Waals surface area contributed by atoms with Crippen LogP contribution in [0.4, 0.5) is 17.1 Å². The van der Waals surface area contributed by atoms with Gasteiger partial charge in [0.05, 0.1) is 22.1 Å². The van der Waals surface area contributed by atoms with Gasteiger partial charge in [-0.3, -0.25) is 0 Å².